The number of hydrogen-bond donors (Lipinski definition) is 2. The van der Waals surface area contributed by atoms with Crippen LogP contribution < -0.4 is 5.32 Å². The molecule has 0 saturated carbocycles. The van der Waals surface area contributed by atoms with E-state index in [0.717, 1.165) is 5.82 Å². The lowest BCUT2D eigenvalue weighted by Crippen LogP contribution is -2.26. The maximum atomic E-state index is 12.0. The number of nitro benzene ring substituents is 1. The lowest BCUT2D eigenvalue weighted by atomic mass is 10.1. The number of aryl methyl sites for hydroxylation is 1. The first-order chi connectivity index (χ1) is 10.1. The molecule has 0 radical (unpaired) electrons. The van der Waals surface area contributed by atoms with E-state index in [0.29, 0.717) is 19.4 Å². The van der Waals surface area contributed by atoms with E-state index in [4.69, 9.17) is 11.6 Å². The number of rotatable bonds is 6. The summed E-state index contributed by atoms with van der Waals surface area (Å²) in [6.45, 7) is 0.377. The van der Waals surface area contributed by atoms with E-state index in [2.05, 4.69) is 15.3 Å². The second-order valence-corrected chi connectivity index (χ2v) is 4.69. The zero-order chi connectivity index (χ0) is 15.2. The van der Waals surface area contributed by atoms with Crippen molar-refractivity contribution in [2.24, 2.45) is 0 Å². The van der Waals surface area contributed by atoms with Gasteiger partial charge in [0.05, 0.1) is 9.95 Å². The molecule has 0 bridgehead atoms. The number of hydrogen-bond acceptors (Lipinski definition) is 4. The highest BCUT2D eigenvalue weighted by Crippen LogP contribution is 2.25. The molecule has 0 fully saturated rings. The number of carbonyl (C=O) groups excluding carboxylic acids is 1. The summed E-state index contributed by atoms with van der Waals surface area (Å²) in [6.07, 6.45) is 4.72. The second kappa shape index (κ2) is 6.85. The van der Waals surface area contributed by atoms with E-state index in [9.17, 15) is 14.9 Å². The summed E-state index contributed by atoms with van der Waals surface area (Å²) in [7, 11) is 0. The van der Waals surface area contributed by atoms with Gasteiger partial charge in [-0.3, -0.25) is 14.9 Å². The topological polar surface area (TPSA) is 101 Å². The summed E-state index contributed by atoms with van der Waals surface area (Å²) >= 11 is 5.88. The number of nitro groups is 1. The van der Waals surface area contributed by atoms with Crippen LogP contribution in [0.15, 0.2) is 30.6 Å². The minimum Gasteiger partial charge on any atom is -0.352 e. The first-order valence-corrected chi connectivity index (χ1v) is 6.66. The molecule has 1 heterocycles. The fraction of sp³-hybridized carbons (Fsp3) is 0.231. The van der Waals surface area contributed by atoms with Crippen molar-refractivity contribution in [1.82, 2.24) is 15.3 Å². The monoisotopic (exact) mass is 308 g/mol. The molecule has 8 heteroatoms. The molecule has 0 spiro atoms. The standard InChI is InChI=1S/C13H13ClN4O3/c14-9-3-1-4-10(18(20)21)12(9)13(19)17-6-2-5-11-15-7-8-16-11/h1,3-4,7-8H,2,5-6H2,(H,15,16)(H,17,19). The molecule has 1 aromatic carbocycles. The van der Waals surface area contributed by atoms with Crippen molar-refractivity contribution in [3.05, 3.63) is 57.1 Å². The number of aromatic nitrogens is 2. The molecule has 2 aromatic rings. The highest BCUT2D eigenvalue weighted by Gasteiger charge is 2.22. The molecular weight excluding hydrogens is 296 g/mol. The van der Waals surface area contributed by atoms with Gasteiger partial charge in [-0.15, -0.1) is 0 Å². The van der Waals surface area contributed by atoms with Gasteiger partial charge in [0, 0.05) is 31.4 Å². The molecule has 1 amide bonds. The summed E-state index contributed by atoms with van der Waals surface area (Å²) in [5.41, 5.74) is -0.409. The number of nitrogens with one attached hydrogen (secondary N) is 2. The van der Waals surface area contributed by atoms with Crippen LogP contribution in [0.3, 0.4) is 0 Å². The summed E-state index contributed by atoms with van der Waals surface area (Å²) < 4.78 is 0. The number of benzene rings is 1. The van der Waals surface area contributed by atoms with Crippen molar-refractivity contribution in [3.8, 4) is 0 Å². The van der Waals surface area contributed by atoms with E-state index < -0.39 is 10.8 Å². The van der Waals surface area contributed by atoms with Crippen molar-refractivity contribution >= 4 is 23.2 Å². The van der Waals surface area contributed by atoms with Crippen molar-refractivity contribution < 1.29 is 9.72 Å². The maximum absolute atomic E-state index is 12.0. The number of nitrogens with zero attached hydrogens (tertiary/aromatic N) is 2. The first kappa shape index (κ1) is 15.0. The van der Waals surface area contributed by atoms with Crippen LogP contribution >= 0.6 is 11.6 Å². The Hall–Kier alpha value is -2.41. The van der Waals surface area contributed by atoms with Crippen LogP contribution in [0.4, 0.5) is 5.69 Å². The number of halogens is 1. The SMILES string of the molecule is O=C(NCCCc1ncc[nH]1)c1c(Cl)cccc1[N+](=O)[O-]. The Morgan fingerprint density at radius 3 is 2.95 bits per heavy atom. The lowest BCUT2D eigenvalue weighted by Gasteiger charge is -2.06. The first-order valence-electron chi connectivity index (χ1n) is 6.29. The third-order valence-electron chi connectivity index (χ3n) is 2.85. The molecule has 0 atom stereocenters. The Kier molecular flexibility index (Phi) is 4.89. The van der Waals surface area contributed by atoms with Crippen molar-refractivity contribution in [2.75, 3.05) is 6.54 Å². The molecule has 2 rings (SSSR count). The molecular formula is C13H13ClN4O3. The van der Waals surface area contributed by atoms with E-state index in [1.165, 1.54) is 18.2 Å². The van der Waals surface area contributed by atoms with E-state index >= 15 is 0 Å². The van der Waals surface area contributed by atoms with Crippen LogP contribution in [0, 0.1) is 10.1 Å². The molecule has 1 aromatic heterocycles. The van der Waals surface area contributed by atoms with Gasteiger partial charge in [-0.2, -0.15) is 0 Å². The third-order valence-corrected chi connectivity index (χ3v) is 3.16. The number of imidazole rings is 1. The van der Waals surface area contributed by atoms with E-state index in [-0.39, 0.29) is 16.3 Å². The van der Waals surface area contributed by atoms with Crippen LogP contribution in [-0.2, 0) is 6.42 Å². The minimum atomic E-state index is -0.621. The van der Waals surface area contributed by atoms with Crippen LogP contribution in [0.1, 0.15) is 22.6 Å². The average Bonchev–Trinajstić information content (AvgIpc) is 2.96. The van der Waals surface area contributed by atoms with Gasteiger partial charge < -0.3 is 10.3 Å². The molecule has 110 valence electrons. The summed E-state index contributed by atoms with van der Waals surface area (Å²) in [4.78, 5) is 29.3. The van der Waals surface area contributed by atoms with Gasteiger partial charge in [-0.05, 0) is 12.5 Å². The normalized spacial score (nSPS) is 10.3. The molecule has 2 N–H and O–H groups in total. The smallest absolute Gasteiger partial charge is 0.283 e. The van der Waals surface area contributed by atoms with E-state index in [1.807, 2.05) is 0 Å². The molecule has 7 nitrogen and oxygen atoms in total. The highest BCUT2D eigenvalue weighted by atomic mass is 35.5. The molecule has 0 aliphatic carbocycles. The van der Waals surface area contributed by atoms with Crippen LogP contribution in [-0.4, -0.2) is 27.3 Å². The van der Waals surface area contributed by atoms with Crippen LogP contribution in [0.2, 0.25) is 5.02 Å². The van der Waals surface area contributed by atoms with Gasteiger partial charge >= 0.3 is 0 Å². The van der Waals surface area contributed by atoms with Gasteiger partial charge in [0.1, 0.15) is 11.4 Å². The largest absolute Gasteiger partial charge is 0.352 e. The Morgan fingerprint density at radius 1 is 1.48 bits per heavy atom. The van der Waals surface area contributed by atoms with Crippen molar-refractivity contribution in [2.45, 2.75) is 12.8 Å². The fourth-order valence-corrected chi connectivity index (χ4v) is 2.13. The summed E-state index contributed by atoms with van der Waals surface area (Å²) in [6, 6.07) is 4.14. The number of carbonyl (C=O) groups is 1. The van der Waals surface area contributed by atoms with E-state index in [1.54, 1.807) is 12.4 Å². The van der Waals surface area contributed by atoms with Gasteiger partial charge in [0.25, 0.3) is 11.6 Å². The third kappa shape index (κ3) is 3.79. The Labute approximate surface area is 125 Å². The van der Waals surface area contributed by atoms with Gasteiger partial charge in [-0.25, -0.2) is 4.98 Å². The Morgan fingerprint density at radius 2 is 2.29 bits per heavy atom. The minimum absolute atomic E-state index is 0.0627. The summed E-state index contributed by atoms with van der Waals surface area (Å²) in [5, 5.41) is 13.6. The van der Waals surface area contributed by atoms with Gasteiger partial charge in [-0.1, -0.05) is 17.7 Å². The van der Waals surface area contributed by atoms with Crippen molar-refractivity contribution in [1.29, 1.82) is 0 Å². The molecule has 0 aliphatic heterocycles. The van der Waals surface area contributed by atoms with Crippen LogP contribution in [0.5, 0.6) is 0 Å². The molecule has 0 unspecified atom stereocenters. The molecule has 0 saturated heterocycles. The van der Waals surface area contributed by atoms with Gasteiger partial charge in [0.2, 0.25) is 0 Å². The molecule has 0 aliphatic rings. The highest BCUT2D eigenvalue weighted by molar-refractivity contribution is 6.34. The quantitative estimate of drug-likeness (QED) is 0.486. The zero-order valence-electron chi connectivity index (χ0n) is 11.0. The number of amides is 1. The predicted octanol–water partition coefficient (Wildman–Crippen LogP) is 2.33. The Balaban J connectivity index is 1.95. The number of aromatic amines is 1. The van der Waals surface area contributed by atoms with Gasteiger partial charge in [0.15, 0.2) is 0 Å². The fourth-order valence-electron chi connectivity index (χ4n) is 1.87. The second-order valence-electron chi connectivity index (χ2n) is 4.29. The Bertz CT molecular complexity index is 643. The zero-order valence-corrected chi connectivity index (χ0v) is 11.8. The van der Waals surface area contributed by atoms with Crippen LogP contribution in [0.25, 0.3) is 0 Å². The molecule has 21 heavy (non-hydrogen) atoms. The van der Waals surface area contributed by atoms with Crippen molar-refractivity contribution in [3.63, 3.8) is 0 Å². The predicted molar refractivity (Wildman–Crippen MR) is 77.3 cm³/mol. The summed E-state index contributed by atoms with van der Waals surface area (Å²) in [5.74, 6) is 0.278. The average molecular weight is 309 g/mol. The lowest BCUT2D eigenvalue weighted by molar-refractivity contribution is -0.385. The maximum Gasteiger partial charge on any atom is 0.283 e. The number of H-pyrrole nitrogens is 1.